The van der Waals surface area contributed by atoms with Crippen molar-refractivity contribution >= 4 is 11.4 Å². The van der Waals surface area contributed by atoms with E-state index < -0.39 is 0 Å². The molecule has 0 N–H and O–H groups in total. The fourth-order valence-corrected chi connectivity index (χ4v) is 3.41. The van der Waals surface area contributed by atoms with E-state index in [0.717, 1.165) is 23.9 Å². The summed E-state index contributed by atoms with van der Waals surface area (Å²) in [6, 6.07) is 21.1. The minimum atomic E-state index is -0.0101. The quantitative estimate of drug-likeness (QED) is 0.771. The zero-order valence-electron chi connectivity index (χ0n) is 11.0. The van der Waals surface area contributed by atoms with E-state index in [4.69, 9.17) is 0 Å². The molecule has 0 saturated carbocycles. The second-order valence-electron chi connectivity index (χ2n) is 5.23. The highest BCUT2D eigenvalue weighted by Gasteiger charge is 2.43. The summed E-state index contributed by atoms with van der Waals surface area (Å²) in [7, 11) is 0. The molecule has 0 amide bonds. The van der Waals surface area contributed by atoms with Gasteiger partial charge < -0.3 is 5.11 Å². The Morgan fingerprint density at radius 1 is 0.895 bits per heavy atom. The Bertz CT molecular complexity index is 484. The highest BCUT2D eigenvalue weighted by Crippen LogP contribution is 2.42. The van der Waals surface area contributed by atoms with Crippen LogP contribution in [0.3, 0.4) is 0 Å². The average Bonchev–Trinajstić information content (AvgIpc) is 2.94. The fourth-order valence-electron chi connectivity index (χ4n) is 3.41. The lowest BCUT2D eigenvalue weighted by Crippen LogP contribution is -2.52. The first-order valence-electron chi connectivity index (χ1n) is 6.95. The lowest BCUT2D eigenvalue weighted by molar-refractivity contribution is -0.375. The summed E-state index contributed by atoms with van der Waals surface area (Å²) >= 11 is 0. The van der Waals surface area contributed by atoms with Gasteiger partial charge in [0.2, 0.25) is 0 Å². The van der Waals surface area contributed by atoms with E-state index in [1.54, 1.807) is 0 Å². The van der Waals surface area contributed by atoms with Crippen molar-refractivity contribution < 1.29 is 5.11 Å². The third-order valence-electron chi connectivity index (χ3n) is 4.30. The number of hydrogen-bond donors (Lipinski definition) is 0. The maximum absolute atomic E-state index is 11.7. The number of para-hydroxylation sites is 2. The summed E-state index contributed by atoms with van der Waals surface area (Å²) in [5, 5.41) is 11.7. The molecule has 2 aromatic carbocycles. The van der Waals surface area contributed by atoms with Crippen LogP contribution in [0.2, 0.25) is 0 Å². The predicted octanol–water partition coefficient (Wildman–Crippen LogP) is 2.85. The van der Waals surface area contributed by atoms with Crippen molar-refractivity contribution in [3.63, 3.8) is 0 Å². The molecule has 1 atom stereocenters. The highest BCUT2D eigenvalue weighted by atomic mass is 16.3. The molecule has 1 unspecified atom stereocenters. The van der Waals surface area contributed by atoms with E-state index in [1.165, 1.54) is 11.4 Å². The third kappa shape index (κ3) is 1.97. The van der Waals surface area contributed by atoms with Gasteiger partial charge in [0, 0.05) is 12.8 Å². The first kappa shape index (κ1) is 12.4. The summed E-state index contributed by atoms with van der Waals surface area (Å²) in [6.07, 6.45) is 2.14. The third-order valence-corrected chi connectivity index (χ3v) is 4.30. The van der Waals surface area contributed by atoms with Gasteiger partial charge in [-0.05, 0) is 24.3 Å². The molecule has 1 fully saturated rings. The van der Waals surface area contributed by atoms with E-state index >= 15 is 0 Å². The van der Waals surface area contributed by atoms with Crippen LogP contribution in [-0.2, 0) is 0 Å². The normalized spacial score (nSPS) is 21.4. The molecule has 2 aromatic rings. The van der Waals surface area contributed by atoms with Crippen molar-refractivity contribution in [2.24, 2.45) is 0 Å². The van der Waals surface area contributed by atoms with E-state index in [2.05, 4.69) is 48.5 Å². The van der Waals surface area contributed by atoms with Crippen LogP contribution < -0.4 is 9.59 Å². The van der Waals surface area contributed by atoms with Crippen molar-refractivity contribution in [3.05, 3.63) is 60.7 Å². The van der Waals surface area contributed by atoms with Gasteiger partial charge >= 0.3 is 0 Å². The smallest absolute Gasteiger partial charge is 0.138 e. The van der Waals surface area contributed by atoms with Gasteiger partial charge in [-0.25, -0.2) is 0 Å². The van der Waals surface area contributed by atoms with Crippen LogP contribution in [0.1, 0.15) is 12.8 Å². The fraction of sp³-hybridized carbons (Fsp3) is 0.294. The van der Waals surface area contributed by atoms with Gasteiger partial charge in [-0.3, -0.25) is 4.48 Å². The first-order valence-corrected chi connectivity index (χ1v) is 6.95. The second-order valence-corrected chi connectivity index (χ2v) is 5.23. The van der Waals surface area contributed by atoms with E-state index in [0.29, 0.717) is 0 Å². The maximum atomic E-state index is 11.7. The molecule has 98 valence electrons. The van der Waals surface area contributed by atoms with Crippen LogP contribution in [-0.4, -0.2) is 19.2 Å². The lowest BCUT2D eigenvalue weighted by Gasteiger charge is -2.40. The number of quaternary nitrogens is 1. The number of hydrogen-bond acceptors (Lipinski definition) is 1. The monoisotopic (exact) mass is 253 g/mol. The summed E-state index contributed by atoms with van der Waals surface area (Å²) in [5.74, 6) is 0. The number of rotatable bonds is 3. The molecule has 19 heavy (non-hydrogen) atoms. The van der Waals surface area contributed by atoms with Crippen molar-refractivity contribution in [2.75, 3.05) is 13.2 Å². The highest BCUT2D eigenvalue weighted by molar-refractivity contribution is 5.60. The molecule has 1 heterocycles. The Hall–Kier alpha value is -1.64. The van der Waals surface area contributed by atoms with Crippen molar-refractivity contribution in [3.8, 4) is 0 Å². The van der Waals surface area contributed by atoms with Crippen molar-refractivity contribution in [2.45, 2.75) is 18.9 Å². The van der Waals surface area contributed by atoms with Gasteiger partial charge in [-0.2, -0.15) is 0 Å². The van der Waals surface area contributed by atoms with Gasteiger partial charge in [0.15, 0.2) is 0 Å². The standard InChI is InChI=1S/C17H19NO/c19-14-17-12-7-13-18(17,15-8-3-1-4-9-15)16-10-5-2-6-11-16/h1-6,8-11,17H,7,12-14H2. The molecule has 1 saturated heterocycles. The molecular weight excluding hydrogens is 234 g/mol. The molecule has 0 spiro atoms. The zero-order valence-corrected chi connectivity index (χ0v) is 11.0. The van der Waals surface area contributed by atoms with E-state index in [-0.39, 0.29) is 12.6 Å². The molecule has 0 aliphatic carbocycles. The molecule has 2 heteroatoms. The van der Waals surface area contributed by atoms with Crippen LogP contribution >= 0.6 is 0 Å². The SMILES string of the molecule is [O-]CC1CCC[N+]1(c1ccccc1)c1ccccc1. The van der Waals surface area contributed by atoms with Gasteiger partial charge in [-0.15, -0.1) is 0 Å². The van der Waals surface area contributed by atoms with Crippen molar-refractivity contribution in [1.29, 1.82) is 0 Å². The Morgan fingerprint density at radius 3 is 1.89 bits per heavy atom. The Morgan fingerprint density at radius 2 is 1.42 bits per heavy atom. The average molecular weight is 253 g/mol. The van der Waals surface area contributed by atoms with Gasteiger partial charge in [0.25, 0.3) is 0 Å². The van der Waals surface area contributed by atoms with Crippen LogP contribution in [0.25, 0.3) is 0 Å². The molecule has 0 radical (unpaired) electrons. The summed E-state index contributed by atoms with van der Waals surface area (Å²) in [6.45, 7) is 1.02. The maximum Gasteiger partial charge on any atom is 0.138 e. The number of nitrogens with zero attached hydrogens (tertiary/aromatic N) is 1. The molecular formula is C17H19NO. The number of benzene rings is 2. The molecule has 1 aliphatic heterocycles. The molecule has 1 aliphatic rings. The summed E-state index contributed by atoms with van der Waals surface area (Å²) in [4.78, 5) is 0. The second kappa shape index (κ2) is 5.16. The predicted molar refractivity (Wildman–Crippen MR) is 77.1 cm³/mol. The molecule has 0 bridgehead atoms. The summed E-state index contributed by atoms with van der Waals surface area (Å²) < 4.78 is 0.727. The Balaban J connectivity index is 2.17. The van der Waals surface area contributed by atoms with E-state index in [9.17, 15) is 5.11 Å². The molecule has 2 nitrogen and oxygen atoms in total. The first-order chi connectivity index (χ1) is 9.38. The van der Waals surface area contributed by atoms with Gasteiger partial charge in [0.05, 0.1) is 12.6 Å². The topological polar surface area (TPSA) is 23.1 Å². The lowest BCUT2D eigenvalue weighted by atomic mass is 10.1. The minimum Gasteiger partial charge on any atom is -0.850 e. The van der Waals surface area contributed by atoms with Crippen LogP contribution in [0, 0.1) is 0 Å². The van der Waals surface area contributed by atoms with Gasteiger partial charge in [0.1, 0.15) is 11.4 Å². The Kier molecular flexibility index (Phi) is 3.36. The van der Waals surface area contributed by atoms with Crippen molar-refractivity contribution in [1.82, 2.24) is 4.48 Å². The van der Waals surface area contributed by atoms with Crippen LogP contribution in [0.5, 0.6) is 0 Å². The zero-order chi connectivity index (χ0) is 13.1. The van der Waals surface area contributed by atoms with Crippen LogP contribution in [0.15, 0.2) is 60.7 Å². The van der Waals surface area contributed by atoms with E-state index in [1.807, 2.05) is 12.1 Å². The Labute approximate surface area is 114 Å². The minimum absolute atomic E-state index is 0.0101. The van der Waals surface area contributed by atoms with Crippen LogP contribution in [0.4, 0.5) is 11.4 Å². The molecule has 3 rings (SSSR count). The largest absolute Gasteiger partial charge is 0.850 e. The summed E-state index contributed by atoms with van der Waals surface area (Å²) in [5.41, 5.74) is 2.49. The van der Waals surface area contributed by atoms with Gasteiger partial charge in [-0.1, -0.05) is 43.0 Å². The molecule has 0 aromatic heterocycles.